The minimum Gasteiger partial charge on any atom is -0.480 e. The molecule has 1 amide bonds. The zero-order chi connectivity index (χ0) is 18.7. The number of carboxylic acid groups (broad SMARTS) is 1. The molecule has 0 aliphatic carbocycles. The van der Waals surface area contributed by atoms with Crippen LogP contribution in [0.3, 0.4) is 0 Å². The molecule has 0 spiro atoms. The summed E-state index contributed by atoms with van der Waals surface area (Å²) in [5.74, 6) is -4.39. The fourth-order valence-corrected chi connectivity index (χ4v) is 2.38. The number of rotatable bonds is 5. The van der Waals surface area contributed by atoms with Crippen LogP contribution in [0.25, 0.3) is 11.0 Å². The highest BCUT2D eigenvalue weighted by Crippen LogP contribution is 2.11. The van der Waals surface area contributed by atoms with E-state index in [4.69, 9.17) is 0 Å². The van der Waals surface area contributed by atoms with Crippen molar-refractivity contribution in [1.82, 2.24) is 15.3 Å². The molecule has 0 aliphatic heterocycles. The second-order valence-corrected chi connectivity index (χ2v) is 5.55. The Hall–Kier alpha value is -3.42. The summed E-state index contributed by atoms with van der Waals surface area (Å²) in [5.41, 5.74) is 1.46. The van der Waals surface area contributed by atoms with Gasteiger partial charge in [0.1, 0.15) is 6.04 Å². The average molecular weight is 357 g/mol. The van der Waals surface area contributed by atoms with Crippen LogP contribution in [0.5, 0.6) is 0 Å². The topological polar surface area (TPSA) is 92.2 Å². The summed E-state index contributed by atoms with van der Waals surface area (Å²) < 4.78 is 26.2. The number of carbonyl (C=O) groups excluding carboxylic acids is 1. The van der Waals surface area contributed by atoms with Gasteiger partial charge < -0.3 is 10.4 Å². The predicted octanol–water partition coefficient (Wildman–Crippen LogP) is 2.33. The molecule has 1 atom stereocenters. The lowest BCUT2D eigenvalue weighted by molar-refractivity contribution is -0.139. The van der Waals surface area contributed by atoms with Gasteiger partial charge in [-0.25, -0.2) is 18.6 Å². The second kappa shape index (κ2) is 7.22. The molecule has 1 aromatic heterocycles. The van der Waals surface area contributed by atoms with E-state index in [1.807, 2.05) is 0 Å². The highest BCUT2D eigenvalue weighted by atomic mass is 19.2. The summed E-state index contributed by atoms with van der Waals surface area (Å²) in [6.07, 6.45) is 1.32. The van der Waals surface area contributed by atoms with E-state index < -0.39 is 29.6 Å². The molecule has 2 aromatic carbocycles. The van der Waals surface area contributed by atoms with E-state index in [9.17, 15) is 23.5 Å². The van der Waals surface area contributed by atoms with E-state index in [2.05, 4.69) is 15.3 Å². The third-order valence-electron chi connectivity index (χ3n) is 3.70. The molecule has 6 nitrogen and oxygen atoms in total. The maximum atomic E-state index is 13.2. The van der Waals surface area contributed by atoms with Gasteiger partial charge in [-0.1, -0.05) is 12.1 Å². The Balaban J connectivity index is 1.78. The number of halogens is 2. The van der Waals surface area contributed by atoms with E-state index in [0.29, 0.717) is 22.8 Å². The van der Waals surface area contributed by atoms with Crippen LogP contribution in [0.2, 0.25) is 0 Å². The number of benzene rings is 2. The lowest BCUT2D eigenvalue weighted by atomic mass is 10.1. The van der Waals surface area contributed by atoms with Crippen molar-refractivity contribution >= 4 is 22.9 Å². The third kappa shape index (κ3) is 3.80. The number of aromatic nitrogens is 2. The van der Waals surface area contributed by atoms with Crippen LogP contribution in [0.1, 0.15) is 16.1 Å². The molecule has 0 fully saturated rings. The number of hydrogen-bond donors (Lipinski definition) is 2. The molecule has 0 bridgehead atoms. The number of hydrogen-bond acceptors (Lipinski definition) is 4. The van der Waals surface area contributed by atoms with Crippen molar-refractivity contribution in [3.8, 4) is 0 Å². The van der Waals surface area contributed by atoms with Crippen molar-refractivity contribution in [2.24, 2.45) is 0 Å². The third-order valence-corrected chi connectivity index (χ3v) is 3.70. The van der Waals surface area contributed by atoms with Crippen molar-refractivity contribution in [3.05, 3.63) is 71.6 Å². The standard InChI is InChI=1S/C18H13F2N3O3/c19-12-6-5-10(7-13(12)20)17(24)23-16(18(25)26)8-11-9-21-14-3-1-2-4-15(14)22-11/h1-7,9,16H,8H2,(H,23,24)(H,25,26)/t16-/m1/s1. The summed E-state index contributed by atoms with van der Waals surface area (Å²) in [5, 5.41) is 11.6. The normalized spacial score (nSPS) is 11.9. The van der Waals surface area contributed by atoms with Gasteiger partial charge in [-0.3, -0.25) is 9.78 Å². The molecule has 0 aliphatic rings. The molecule has 0 unspecified atom stereocenters. The van der Waals surface area contributed by atoms with Gasteiger partial charge in [0.25, 0.3) is 5.91 Å². The molecule has 2 N–H and O–H groups in total. The number of nitrogens with zero attached hydrogens (tertiary/aromatic N) is 2. The highest BCUT2D eigenvalue weighted by Gasteiger charge is 2.22. The van der Waals surface area contributed by atoms with Gasteiger partial charge in [0.2, 0.25) is 0 Å². The van der Waals surface area contributed by atoms with Crippen LogP contribution in [0.15, 0.2) is 48.7 Å². The Morgan fingerprint density at radius 3 is 2.50 bits per heavy atom. The van der Waals surface area contributed by atoms with E-state index >= 15 is 0 Å². The van der Waals surface area contributed by atoms with Crippen molar-refractivity contribution in [2.75, 3.05) is 0 Å². The first-order valence-electron chi connectivity index (χ1n) is 7.63. The largest absolute Gasteiger partial charge is 0.480 e. The molecule has 8 heteroatoms. The van der Waals surface area contributed by atoms with Crippen molar-refractivity contribution in [2.45, 2.75) is 12.5 Å². The summed E-state index contributed by atoms with van der Waals surface area (Å²) in [6.45, 7) is 0. The molecule has 3 aromatic rings. The number of carboxylic acids is 1. The van der Waals surface area contributed by atoms with Gasteiger partial charge in [0.15, 0.2) is 11.6 Å². The Bertz CT molecular complexity index is 994. The molecular weight excluding hydrogens is 344 g/mol. The Morgan fingerprint density at radius 1 is 1.08 bits per heavy atom. The van der Waals surface area contributed by atoms with Gasteiger partial charge in [-0.05, 0) is 30.3 Å². The van der Waals surface area contributed by atoms with Gasteiger partial charge in [-0.15, -0.1) is 0 Å². The summed E-state index contributed by atoms with van der Waals surface area (Å²) >= 11 is 0. The van der Waals surface area contributed by atoms with E-state index in [0.717, 1.165) is 12.1 Å². The van der Waals surface area contributed by atoms with E-state index in [1.54, 1.807) is 24.3 Å². The summed E-state index contributed by atoms with van der Waals surface area (Å²) in [6, 6.07) is 8.37. The highest BCUT2D eigenvalue weighted by molar-refractivity contribution is 5.96. The number of para-hydroxylation sites is 2. The first-order chi connectivity index (χ1) is 12.4. The lowest BCUT2D eigenvalue weighted by Crippen LogP contribution is -2.42. The van der Waals surface area contributed by atoms with Crippen LogP contribution in [-0.2, 0) is 11.2 Å². The maximum absolute atomic E-state index is 13.2. The van der Waals surface area contributed by atoms with Gasteiger partial charge in [-0.2, -0.15) is 0 Å². The first-order valence-corrected chi connectivity index (χ1v) is 7.63. The Labute approximate surface area is 146 Å². The molecule has 1 heterocycles. The number of amides is 1. The van der Waals surface area contributed by atoms with Crippen LogP contribution in [-0.4, -0.2) is 33.0 Å². The van der Waals surface area contributed by atoms with Gasteiger partial charge in [0.05, 0.1) is 16.7 Å². The minimum atomic E-state index is -1.30. The summed E-state index contributed by atoms with van der Waals surface area (Å²) in [7, 11) is 0. The van der Waals surface area contributed by atoms with Crippen LogP contribution in [0.4, 0.5) is 8.78 Å². The van der Waals surface area contributed by atoms with Crippen molar-refractivity contribution < 1.29 is 23.5 Å². The SMILES string of the molecule is O=C(N[C@H](Cc1cnc2ccccc2n1)C(=O)O)c1ccc(F)c(F)c1. The van der Waals surface area contributed by atoms with Crippen LogP contribution < -0.4 is 5.32 Å². The Morgan fingerprint density at radius 2 is 1.81 bits per heavy atom. The zero-order valence-electron chi connectivity index (χ0n) is 13.3. The summed E-state index contributed by atoms with van der Waals surface area (Å²) in [4.78, 5) is 32.1. The molecule has 132 valence electrons. The maximum Gasteiger partial charge on any atom is 0.326 e. The van der Waals surface area contributed by atoms with Crippen LogP contribution in [0, 0.1) is 11.6 Å². The molecule has 0 saturated heterocycles. The average Bonchev–Trinajstić information content (AvgIpc) is 2.63. The number of nitrogens with one attached hydrogen (secondary N) is 1. The van der Waals surface area contributed by atoms with Crippen molar-refractivity contribution in [3.63, 3.8) is 0 Å². The Kier molecular flexibility index (Phi) is 4.83. The quantitative estimate of drug-likeness (QED) is 0.731. The number of carbonyl (C=O) groups is 2. The van der Waals surface area contributed by atoms with Crippen molar-refractivity contribution in [1.29, 1.82) is 0 Å². The minimum absolute atomic E-state index is 0.109. The van der Waals surface area contributed by atoms with Gasteiger partial charge >= 0.3 is 5.97 Å². The number of fused-ring (bicyclic) bond motifs is 1. The predicted molar refractivity (Wildman–Crippen MR) is 88.5 cm³/mol. The fraction of sp³-hybridized carbons (Fsp3) is 0.111. The molecule has 26 heavy (non-hydrogen) atoms. The zero-order valence-corrected chi connectivity index (χ0v) is 13.3. The lowest BCUT2D eigenvalue weighted by Gasteiger charge is -2.14. The first kappa shape index (κ1) is 17.4. The molecular formula is C18H13F2N3O3. The molecule has 3 rings (SSSR count). The van der Waals surface area contributed by atoms with Gasteiger partial charge in [0, 0.05) is 18.2 Å². The van der Waals surface area contributed by atoms with E-state index in [-0.39, 0.29) is 12.0 Å². The smallest absolute Gasteiger partial charge is 0.326 e. The number of aliphatic carboxylic acids is 1. The van der Waals surface area contributed by atoms with Crippen LogP contribution >= 0.6 is 0 Å². The molecule has 0 radical (unpaired) electrons. The van der Waals surface area contributed by atoms with E-state index in [1.165, 1.54) is 6.20 Å². The second-order valence-electron chi connectivity index (χ2n) is 5.55. The molecule has 0 saturated carbocycles. The fourth-order valence-electron chi connectivity index (χ4n) is 2.38. The monoisotopic (exact) mass is 357 g/mol.